The van der Waals surface area contributed by atoms with Crippen molar-refractivity contribution < 1.29 is 0 Å². The third-order valence-electron chi connectivity index (χ3n) is 3.74. The fourth-order valence-corrected chi connectivity index (χ4v) is 4.43. The number of rotatable bonds is 3. The molecule has 0 spiro atoms. The normalized spacial score (nSPS) is 15.8. The molecule has 106 valence electrons. The predicted molar refractivity (Wildman–Crippen MR) is 92.2 cm³/mol. The molecule has 4 heteroatoms. The summed E-state index contributed by atoms with van der Waals surface area (Å²) in [6.07, 6.45) is 5.18. The van der Waals surface area contributed by atoms with Gasteiger partial charge in [0.05, 0.1) is 16.8 Å². The van der Waals surface area contributed by atoms with E-state index in [1.807, 2.05) is 29.5 Å². The van der Waals surface area contributed by atoms with Crippen LogP contribution in [0.15, 0.2) is 28.7 Å². The summed E-state index contributed by atoms with van der Waals surface area (Å²) < 4.78 is 1.04. The summed E-state index contributed by atoms with van der Waals surface area (Å²) in [5, 5.41) is 4.29. The molecule has 3 rings (SSSR count). The lowest BCUT2D eigenvalue weighted by atomic mass is 9.99. The van der Waals surface area contributed by atoms with E-state index >= 15 is 0 Å². The van der Waals surface area contributed by atoms with Gasteiger partial charge >= 0.3 is 0 Å². The molecule has 1 aliphatic rings. The Morgan fingerprint density at radius 3 is 2.85 bits per heavy atom. The first-order valence-electron chi connectivity index (χ1n) is 6.96. The van der Waals surface area contributed by atoms with Gasteiger partial charge in [-0.3, -0.25) is 0 Å². The first kappa shape index (κ1) is 14.4. The monoisotopic (exact) mass is 369 g/mol. The van der Waals surface area contributed by atoms with E-state index in [1.54, 1.807) is 10.4 Å². The van der Waals surface area contributed by atoms with Gasteiger partial charge < -0.3 is 5.32 Å². The second-order valence-electron chi connectivity index (χ2n) is 5.29. The third kappa shape index (κ3) is 3.05. The van der Waals surface area contributed by atoms with Crippen molar-refractivity contribution in [3.05, 3.63) is 49.1 Å². The highest BCUT2D eigenvalue weighted by Crippen LogP contribution is 2.35. The summed E-state index contributed by atoms with van der Waals surface area (Å²) in [6.45, 7) is 2.20. The van der Waals surface area contributed by atoms with E-state index in [-0.39, 0.29) is 6.04 Å². The van der Waals surface area contributed by atoms with Gasteiger partial charge in [0.15, 0.2) is 0 Å². The predicted octanol–water partition coefficient (Wildman–Crippen LogP) is 6.22. The summed E-state index contributed by atoms with van der Waals surface area (Å²) in [5.74, 6) is 0. The number of nitrogens with one attached hydrogen (secondary N) is 1. The number of thiophene rings is 1. The van der Waals surface area contributed by atoms with Gasteiger partial charge in [0, 0.05) is 14.2 Å². The second kappa shape index (κ2) is 6.08. The van der Waals surface area contributed by atoms with E-state index < -0.39 is 0 Å². The molecule has 1 heterocycles. The van der Waals surface area contributed by atoms with Crippen LogP contribution in [0.25, 0.3) is 0 Å². The summed E-state index contributed by atoms with van der Waals surface area (Å²) in [6, 6.07) is 8.58. The highest BCUT2D eigenvalue weighted by Gasteiger charge is 2.17. The lowest BCUT2D eigenvalue weighted by Gasteiger charge is -2.15. The minimum absolute atomic E-state index is 0.289. The molecule has 0 aliphatic heterocycles. The third-order valence-corrected chi connectivity index (χ3v) is 5.99. The molecule has 0 amide bonds. The lowest BCUT2D eigenvalue weighted by molar-refractivity contribution is 0.696. The zero-order valence-electron chi connectivity index (χ0n) is 11.4. The number of anilines is 1. The number of fused-ring (bicyclic) bond motifs is 1. The largest absolute Gasteiger partial charge is 0.376 e. The van der Waals surface area contributed by atoms with Crippen LogP contribution >= 0.6 is 38.9 Å². The molecule has 0 bridgehead atoms. The zero-order valence-corrected chi connectivity index (χ0v) is 14.5. The van der Waals surface area contributed by atoms with Gasteiger partial charge in [-0.1, -0.05) is 27.5 Å². The van der Waals surface area contributed by atoms with Crippen LogP contribution < -0.4 is 5.32 Å². The van der Waals surface area contributed by atoms with Gasteiger partial charge in [0.25, 0.3) is 0 Å². The van der Waals surface area contributed by atoms with Crippen molar-refractivity contribution >= 4 is 44.6 Å². The summed E-state index contributed by atoms with van der Waals surface area (Å²) in [7, 11) is 0. The van der Waals surface area contributed by atoms with Gasteiger partial charge in [-0.25, -0.2) is 0 Å². The maximum Gasteiger partial charge on any atom is 0.0638 e. The maximum absolute atomic E-state index is 6.25. The van der Waals surface area contributed by atoms with Crippen LogP contribution in [-0.4, -0.2) is 0 Å². The molecule has 0 fully saturated rings. The number of aryl methyl sites for hydroxylation is 2. The van der Waals surface area contributed by atoms with E-state index in [4.69, 9.17) is 11.6 Å². The van der Waals surface area contributed by atoms with Gasteiger partial charge in [-0.2, -0.15) is 0 Å². The topological polar surface area (TPSA) is 12.0 Å². The van der Waals surface area contributed by atoms with E-state index in [0.717, 1.165) is 15.2 Å². The van der Waals surface area contributed by atoms with E-state index in [0.29, 0.717) is 0 Å². The summed E-state index contributed by atoms with van der Waals surface area (Å²) >= 11 is 11.7. The molecule has 1 aromatic heterocycles. The number of halogens is 2. The van der Waals surface area contributed by atoms with Crippen LogP contribution in [0.5, 0.6) is 0 Å². The Hall–Kier alpha value is -0.510. The minimum atomic E-state index is 0.289. The highest BCUT2D eigenvalue weighted by molar-refractivity contribution is 9.10. The first-order chi connectivity index (χ1) is 9.63. The van der Waals surface area contributed by atoms with Crippen molar-refractivity contribution in [2.24, 2.45) is 0 Å². The molecule has 1 nitrogen and oxygen atoms in total. The molecule has 1 atom stereocenters. The fourth-order valence-electron chi connectivity index (χ4n) is 2.64. The van der Waals surface area contributed by atoms with Crippen LogP contribution in [0.4, 0.5) is 5.69 Å². The first-order valence-corrected chi connectivity index (χ1v) is 8.95. The Morgan fingerprint density at radius 1 is 1.25 bits per heavy atom. The standard InChI is InChI=1S/C16H17BrClNS/c1-10(19-14-9-12(17)6-7-13(14)18)16-8-11-4-2-3-5-15(11)20-16/h6-10,19H,2-5H2,1H3. The maximum atomic E-state index is 6.25. The van der Waals surface area contributed by atoms with Crippen molar-refractivity contribution in [1.29, 1.82) is 0 Å². The molecular weight excluding hydrogens is 354 g/mol. The average molecular weight is 371 g/mol. The Labute approximate surface area is 137 Å². The van der Waals surface area contributed by atoms with Crippen LogP contribution in [0.2, 0.25) is 5.02 Å². The smallest absolute Gasteiger partial charge is 0.0638 e. The molecule has 0 saturated heterocycles. The van der Waals surface area contributed by atoms with Crippen LogP contribution in [0, 0.1) is 0 Å². The molecule has 1 aromatic carbocycles. The Kier molecular flexibility index (Phi) is 4.39. The molecule has 0 radical (unpaired) electrons. The van der Waals surface area contributed by atoms with Crippen LogP contribution in [-0.2, 0) is 12.8 Å². The van der Waals surface area contributed by atoms with E-state index in [1.165, 1.54) is 30.6 Å². The molecule has 0 saturated carbocycles. The Balaban J connectivity index is 1.80. The van der Waals surface area contributed by atoms with Crippen molar-refractivity contribution in [2.45, 2.75) is 38.6 Å². The van der Waals surface area contributed by atoms with Crippen molar-refractivity contribution in [3.8, 4) is 0 Å². The molecular formula is C16H17BrClNS. The molecule has 1 aliphatic carbocycles. The van der Waals surface area contributed by atoms with Crippen molar-refractivity contribution in [1.82, 2.24) is 0 Å². The molecule has 1 unspecified atom stereocenters. The molecule has 20 heavy (non-hydrogen) atoms. The Bertz CT molecular complexity index is 599. The summed E-state index contributed by atoms with van der Waals surface area (Å²) in [5.41, 5.74) is 2.55. The summed E-state index contributed by atoms with van der Waals surface area (Å²) in [4.78, 5) is 2.99. The van der Waals surface area contributed by atoms with Gasteiger partial charge in [-0.15, -0.1) is 11.3 Å². The second-order valence-corrected chi connectivity index (χ2v) is 7.79. The average Bonchev–Trinajstić information content (AvgIpc) is 2.87. The quantitative estimate of drug-likeness (QED) is 0.676. The van der Waals surface area contributed by atoms with E-state index in [2.05, 4.69) is 34.2 Å². The highest BCUT2D eigenvalue weighted by atomic mass is 79.9. The van der Waals surface area contributed by atoms with Gasteiger partial charge in [0.2, 0.25) is 0 Å². The molecule has 2 aromatic rings. The van der Waals surface area contributed by atoms with E-state index in [9.17, 15) is 0 Å². The van der Waals surface area contributed by atoms with Crippen LogP contribution in [0.1, 0.15) is 41.1 Å². The zero-order chi connectivity index (χ0) is 14.1. The minimum Gasteiger partial charge on any atom is -0.376 e. The number of hydrogen-bond acceptors (Lipinski definition) is 2. The fraction of sp³-hybridized carbons (Fsp3) is 0.375. The number of hydrogen-bond donors (Lipinski definition) is 1. The van der Waals surface area contributed by atoms with Crippen molar-refractivity contribution in [2.75, 3.05) is 5.32 Å². The molecule has 1 N–H and O–H groups in total. The SMILES string of the molecule is CC(Nc1cc(Br)ccc1Cl)c1cc2c(s1)CCCC2. The van der Waals surface area contributed by atoms with Crippen LogP contribution in [0.3, 0.4) is 0 Å². The Morgan fingerprint density at radius 2 is 2.05 bits per heavy atom. The van der Waals surface area contributed by atoms with Crippen molar-refractivity contribution in [3.63, 3.8) is 0 Å². The van der Waals surface area contributed by atoms with Gasteiger partial charge in [0.1, 0.15) is 0 Å². The van der Waals surface area contributed by atoms with Gasteiger partial charge in [-0.05, 0) is 62.4 Å². The number of benzene rings is 1. The lowest BCUT2D eigenvalue weighted by Crippen LogP contribution is -2.05.